The summed E-state index contributed by atoms with van der Waals surface area (Å²) in [5.41, 5.74) is 4.10. The molecule has 1 N–H and O–H groups in total. The largest absolute Gasteiger partial charge is 0.447 e. The van der Waals surface area contributed by atoms with Gasteiger partial charge in [-0.1, -0.05) is 6.07 Å². The Morgan fingerprint density at radius 2 is 1.85 bits per heavy atom. The number of aromatic nitrogens is 2. The molecule has 3 aromatic rings. The molecule has 4 rings (SSSR count). The fourth-order valence-electron chi connectivity index (χ4n) is 2.50. The molecule has 0 saturated carbocycles. The Hall–Kier alpha value is -2.49. The van der Waals surface area contributed by atoms with Crippen LogP contribution in [-0.4, -0.2) is 9.97 Å². The molecule has 20 heavy (non-hydrogen) atoms. The van der Waals surface area contributed by atoms with E-state index in [2.05, 4.69) is 9.97 Å². The second-order valence-corrected chi connectivity index (χ2v) is 5.12. The molecule has 4 nitrogen and oxygen atoms in total. The number of benzene rings is 2. The van der Waals surface area contributed by atoms with E-state index in [4.69, 9.17) is 9.47 Å². The van der Waals surface area contributed by atoms with Gasteiger partial charge in [0.1, 0.15) is 5.82 Å². The van der Waals surface area contributed by atoms with Gasteiger partial charge < -0.3 is 14.5 Å². The molecule has 0 aliphatic carbocycles. The van der Waals surface area contributed by atoms with E-state index >= 15 is 0 Å². The Morgan fingerprint density at radius 3 is 2.75 bits per heavy atom. The van der Waals surface area contributed by atoms with Gasteiger partial charge in [0, 0.05) is 5.56 Å². The molecule has 0 radical (unpaired) electrons. The molecule has 2 heterocycles. The van der Waals surface area contributed by atoms with E-state index in [-0.39, 0.29) is 6.29 Å². The summed E-state index contributed by atoms with van der Waals surface area (Å²) < 4.78 is 11.7. The van der Waals surface area contributed by atoms with Gasteiger partial charge in [0.2, 0.25) is 0 Å². The first-order chi connectivity index (χ1) is 9.69. The lowest BCUT2D eigenvalue weighted by Crippen LogP contribution is -2.07. The lowest BCUT2D eigenvalue weighted by atomic mass is 10.2. The van der Waals surface area contributed by atoms with Gasteiger partial charge >= 0.3 is 0 Å². The highest BCUT2D eigenvalue weighted by atomic mass is 16.7. The number of nitrogens with zero attached hydrogens (tertiary/aromatic N) is 1. The molecule has 0 amide bonds. The van der Waals surface area contributed by atoms with Crippen molar-refractivity contribution >= 4 is 11.0 Å². The maximum atomic E-state index is 5.87. The first kappa shape index (κ1) is 11.3. The molecule has 4 heteroatoms. The third-order valence-corrected chi connectivity index (χ3v) is 3.46. The van der Waals surface area contributed by atoms with Gasteiger partial charge in [0.25, 0.3) is 6.29 Å². The van der Waals surface area contributed by atoms with Crippen LogP contribution in [0.1, 0.15) is 23.2 Å². The quantitative estimate of drug-likeness (QED) is 0.731. The minimum Gasteiger partial charge on any atom is -0.447 e. The lowest BCUT2D eigenvalue weighted by molar-refractivity contribution is 0.0488. The van der Waals surface area contributed by atoms with Crippen LogP contribution in [0.25, 0.3) is 11.0 Å². The summed E-state index contributed by atoms with van der Waals surface area (Å²) >= 11 is 0. The zero-order chi connectivity index (χ0) is 13.7. The Bertz CT molecular complexity index is 807. The summed E-state index contributed by atoms with van der Waals surface area (Å²) in [6.45, 7) is 3.98. The fraction of sp³-hybridized carbons (Fsp3) is 0.188. The van der Waals surface area contributed by atoms with Crippen LogP contribution in [0.3, 0.4) is 0 Å². The molecule has 0 saturated heterocycles. The number of aromatic amines is 1. The van der Waals surface area contributed by atoms with Crippen LogP contribution in [0.2, 0.25) is 0 Å². The second-order valence-electron chi connectivity index (χ2n) is 5.12. The minimum absolute atomic E-state index is 0.389. The number of imidazole rings is 1. The van der Waals surface area contributed by atoms with Crippen molar-refractivity contribution in [1.29, 1.82) is 0 Å². The highest BCUT2D eigenvalue weighted by Crippen LogP contribution is 2.41. The molecule has 1 aliphatic heterocycles. The Labute approximate surface area is 116 Å². The highest BCUT2D eigenvalue weighted by molar-refractivity contribution is 5.76. The van der Waals surface area contributed by atoms with Gasteiger partial charge in [-0.05, 0) is 49.7 Å². The van der Waals surface area contributed by atoms with Crippen molar-refractivity contribution in [2.24, 2.45) is 0 Å². The molecule has 0 bridgehead atoms. The third-order valence-electron chi connectivity index (χ3n) is 3.46. The van der Waals surface area contributed by atoms with Crippen molar-refractivity contribution in [2.75, 3.05) is 0 Å². The lowest BCUT2D eigenvalue weighted by Gasteiger charge is -2.10. The number of fused-ring (bicyclic) bond motifs is 2. The average Bonchev–Trinajstić information content (AvgIpc) is 2.99. The number of rotatable bonds is 1. The average molecular weight is 266 g/mol. The van der Waals surface area contributed by atoms with Crippen molar-refractivity contribution < 1.29 is 9.47 Å². The van der Waals surface area contributed by atoms with Gasteiger partial charge in [-0.2, -0.15) is 0 Å². The summed E-state index contributed by atoms with van der Waals surface area (Å²) in [6.07, 6.45) is -0.389. The van der Waals surface area contributed by atoms with Crippen LogP contribution in [0.15, 0.2) is 36.4 Å². The first-order valence-electron chi connectivity index (χ1n) is 6.59. The summed E-state index contributed by atoms with van der Waals surface area (Å²) in [4.78, 5) is 7.63. The van der Waals surface area contributed by atoms with E-state index in [1.165, 1.54) is 0 Å². The Balaban J connectivity index is 1.71. The zero-order valence-corrected chi connectivity index (χ0v) is 11.3. The zero-order valence-electron chi connectivity index (χ0n) is 11.3. The summed E-state index contributed by atoms with van der Waals surface area (Å²) in [6, 6.07) is 12.0. The molecule has 100 valence electrons. The van der Waals surface area contributed by atoms with Gasteiger partial charge in [0.15, 0.2) is 11.5 Å². The van der Waals surface area contributed by atoms with E-state index in [9.17, 15) is 0 Å². The highest BCUT2D eigenvalue weighted by Gasteiger charge is 2.26. The molecule has 1 aliphatic rings. The van der Waals surface area contributed by atoms with E-state index in [0.717, 1.165) is 39.5 Å². The van der Waals surface area contributed by atoms with Crippen LogP contribution in [0.5, 0.6) is 11.5 Å². The van der Waals surface area contributed by atoms with Crippen LogP contribution >= 0.6 is 0 Å². The number of ether oxygens (including phenoxy) is 2. The van der Waals surface area contributed by atoms with Crippen molar-refractivity contribution in [2.45, 2.75) is 20.1 Å². The molecular weight excluding hydrogens is 252 g/mol. The molecular formula is C16H14N2O2. The molecule has 1 atom stereocenters. The Kier molecular flexibility index (Phi) is 2.27. The van der Waals surface area contributed by atoms with E-state index in [0.29, 0.717) is 0 Å². The standard InChI is InChI=1S/C16H14N2O2/c1-9-3-6-14-15(7-9)20-16(19-14)11-4-5-12-13(8-11)18-10(2)17-12/h3-8,16H,1-2H3,(H,17,18). The van der Waals surface area contributed by atoms with Crippen LogP contribution in [0, 0.1) is 13.8 Å². The van der Waals surface area contributed by atoms with Gasteiger partial charge in [-0.15, -0.1) is 0 Å². The van der Waals surface area contributed by atoms with Crippen LogP contribution in [-0.2, 0) is 0 Å². The predicted molar refractivity (Wildman–Crippen MR) is 76.0 cm³/mol. The predicted octanol–water partition coefficient (Wildman–Crippen LogP) is 3.65. The third kappa shape index (κ3) is 1.72. The van der Waals surface area contributed by atoms with E-state index in [1.54, 1.807) is 0 Å². The maximum Gasteiger partial charge on any atom is 0.268 e. The molecule has 0 spiro atoms. The first-order valence-corrected chi connectivity index (χ1v) is 6.59. The Morgan fingerprint density at radius 1 is 1.00 bits per heavy atom. The van der Waals surface area contributed by atoms with Gasteiger partial charge in [-0.25, -0.2) is 4.98 Å². The van der Waals surface area contributed by atoms with Crippen LogP contribution < -0.4 is 9.47 Å². The number of H-pyrrole nitrogens is 1. The van der Waals surface area contributed by atoms with Crippen molar-refractivity contribution in [3.8, 4) is 11.5 Å². The summed E-state index contributed by atoms with van der Waals surface area (Å²) in [5.74, 6) is 2.50. The normalized spacial score (nSPS) is 16.8. The summed E-state index contributed by atoms with van der Waals surface area (Å²) in [5, 5.41) is 0. The topological polar surface area (TPSA) is 47.1 Å². The van der Waals surface area contributed by atoms with Crippen LogP contribution in [0.4, 0.5) is 0 Å². The second kappa shape index (κ2) is 4.00. The van der Waals surface area contributed by atoms with E-state index < -0.39 is 0 Å². The molecule has 1 aromatic heterocycles. The molecule has 0 fully saturated rings. The van der Waals surface area contributed by atoms with E-state index in [1.807, 2.05) is 50.2 Å². The molecule has 1 unspecified atom stereocenters. The number of aryl methyl sites for hydroxylation is 2. The SMILES string of the molecule is Cc1ccc2c(c1)OC(c1ccc3nc(C)[nH]c3c1)O2. The number of hydrogen-bond acceptors (Lipinski definition) is 3. The van der Waals surface area contributed by atoms with Gasteiger partial charge in [-0.3, -0.25) is 0 Å². The van der Waals surface area contributed by atoms with Crippen molar-refractivity contribution in [3.63, 3.8) is 0 Å². The molecule has 2 aromatic carbocycles. The maximum absolute atomic E-state index is 5.87. The number of hydrogen-bond donors (Lipinski definition) is 1. The number of nitrogens with one attached hydrogen (secondary N) is 1. The monoisotopic (exact) mass is 266 g/mol. The van der Waals surface area contributed by atoms with Gasteiger partial charge in [0.05, 0.1) is 11.0 Å². The summed E-state index contributed by atoms with van der Waals surface area (Å²) in [7, 11) is 0. The van der Waals surface area contributed by atoms with Crippen molar-refractivity contribution in [1.82, 2.24) is 9.97 Å². The minimum atomic E-state index is -0.389. The van der Waals surface area contributed by atoms with Crippen molar-refractivity contribution in [3.05, 3.63) is 53.3 Å². The fourth-order valence-corrected chi connectivity index (χ4v) is 2.50. The smallest absolute Gasteiger partial charge is 0.268 e.